The van der Waals surface area contributed by atoms with Crippen molar-refractivity contribution in [3.63, 3.8) is 0 Å². The van der Waals surface area contributed by atoms with Crippen LogP contribution in [0.4, 0.5) is 0 Å². The summed E-state index contributed by atoms with van der Waals surface area (Å²) in [6.45, 7) is 2.11. The average molecular weight is 574 g/mol. The van der Waals surface area contributed by atoms with Crippen LogP contribution < -0.4 is 9.81 Å². The van der Waals surface area contributed by atoms with Crippen molar-refractivity contribution >= 4 is 47.4 Å². The zero-order valence-electron chi connectivity index (χ0n) is 14.6. The summed E-state index contributed by atoms with van der Waals surface area (Å²) in [6, 6.07) is 22.1. The maximum atomic E-state index is 13.1. The first kappa shape index (κ1) is 18.3. The van der Waals surface area contributed by atoms with Gasteiger partial charge in [0.15, 0.2) is 0 Å². The van der Waals surface area contributed by atoms with Gasteiger partial charge in [0.25, 0.3) is 0 Å². The molecule has 1 aliphatic heterocycles. The second kappa shape index (κ2) is 7.18. The van der Waals surface area contributed by atoms with Crippen LogP contribution in [0.1, 0.15) is 17.3 Å². The number of benzene rings is 3. The van der Waals surface area contributed by atoms with Gasteiger partial charge in [0.05, 0.1) is 0 Å². The molecule has 4 rings (SSSR count). The van der Waals surface area contributed by atoms with Gasteiger partial charge < -0.3 is 0 Å². The van der Waals surface area contributed by atoms with Gasteiger partial charge in [-0.05, 0) is 0 Å². The number of hydrogen-bond acceptors (Lipinski definition) is 4. The fourth-order valence-corrected chi connectivity index (χ4v) is 18.1. The van der Waals surface area contributed by atoms with E-state index in [1.165, 1.54) is 0 Å². The molecule has 4 nitrogen and oxygen atoms in total. The van der Waals surface area contributed by atoms with Gasteiger partial charge in [-0.15, -0.1) is 0 Å². The summed E-state index contributed by atoms with van der Waals surface area (Å²) in [5, 5.41) is 0. The van der Waals surface area contributed by atoms with Crippen LogP contribution in [-0.2, 0) is 14.6 Å². The molecule has 0 saturated heterocycles. The van der Waals surface area contributed by atoms with Crippen LogP contribution in [0.25, 0.3) is 0 Å². The molecular weight excluding hydrogens is 557 g/mol. The Hall–Kier alpha value is -2.04. The van der Waals surface area contributed by atoms with Crippen LogP contribution in [-0.4, -0.2) is 42.7 Å². The second-order valence-corrected chi connectivity index (χ2v) is 16.3. The first-order valence-electron chi connectivity index (χ1n) is 8.54. The van der Waals surface area contributed by atoms with Crippen molar-refractivity contribution in [3.8, 4) is 0 Å². The Morgan fingerprint density at radius 2 is 1.37 bits per heavy atom. The molecule has 1 heterocycles. The summed E-state index contributed by atoms with van der Waals surface area (Å²) >= 11 is -2.78. The third kappa shape index (κ3) is 3.11. The molecule has 0 amide bonds. The summed E-state index contributed by atoms with van der Waals surface area (Å²) in [4.78, 5) is 12.8. The quantitative estimate of drug-likeness (QED) is 0.275. The first-order chi connectivity index (χ1) is 13.0. The van der Waals surface area contributed by atoms with Crippen molar-refractivity contribution in [3.05, 3.63) is 78.4 Å². The molecule has 3 aromatic rings. The zero-order valence-corrected chi connectivity index (χ0v) is 18.9. The number of carbonyl (C=O) groups is 1. The number of ether oxygens (including phenoxy) is 1. The van der Waals surface area contributed by atoms with Crippen LogP contribution in [0.2, 0.25) is 0 Å². The molecule has 0 aliphatic carbocycles. The topological polar surface area (TPSA) is 60.4 Å². The van der Waals surface area contributed by atoms with E-state index in [4.69, 9.17) is 4.74 Å². The second-order valence-electron chi connectivity index (χ2n) is 6.04. The van der Waals surface area contributed by atoms with E-state index in [0.717, 1.165) is 9.81 Å². The molecule has 0 unspecified atom stereocenters. The monoisotopic (exact) mass is 574 g/mol. The SMILES string of the molecule is CCOC(=O)c1cc[c]([Bi]2[c]3ccccc3S(=O)(=O)c3cccc[c]32)cc1. The third-order valence-corrected chi connectivity index (χ3v) is 17.5. The van der Waals surface area contributed by atoms with Crippen LogP contribution in [0, 0.1) is 0 Å². The first-order valence-corrected chi connectivity index (χ1v) is 15.2. The van der Waals surface area contributed by atoms with Crippen molar-refractivity contribution in [2.45, 2.75) is 16.7 Å². The molecule has 6 heteroatoms. The van der Waals surface area contributed by atoms with Gasteiger partial charge >= 0.3 is 167 Å². The number of rotatable bonds is 3. The van der Waals surface area contributed by atoms with Crippen molar-refractivity contribution in [2.75, 3.05) is 6.61 Å². The number of sulfone groups is 1. The van der Waals surface area contributed by atoms with E-state index in [0.29, 0.717) is 22.0 Å². The molecule has 136 valence electrons. The van der Waals surface area contributed by atoms with E-state index in [2.05, 4.69) is 0 Å². The Labute approximate surface area is 166 Å². The minimum atomic E-state index is -3.49. The van der Waals surface area contributed by atoms with Gasteiger partial charge in [0.2, 0.25) is 0 Å². The third-order valence-electron chi connectivity index (χ3n) is 4.43. The van der Waals surface area contributed by atoms with Crippen LogP contribution >= 0.6 is 0 Å². The molecule has 0 saturated carbocycles. The van der Waals surface area contributed by atoms with E-state index < -0.39 is 31.6 Å². The fraction of sp³-hybridized carbons (Fsp3) is 0.0952. The van der Waals surface area contributed by atoms with E-state index >= 15 is 0 Å². The molecule has 0 aromatic heterocycles. The van der Waals surface area contributed by atoms with Gasteiger partial charge in [0, 0.05) is 0 Å². The molecule has 27 heavy (non-hydrogen) atoms. The molecule has 0 spiro atoms. The van der Waals surface area contributed by atoms with E-state index in [1.807, 2.05) is 36.4 Å². The minimum absolute atomic E-state index is 0.334. The van der Waals surface area contributed by atoms with Crippen molar-refractivity contribution in [1.29, 1.82) is 0 Å². The summed E-state index contributed by atoms with van der Waals surface area (Å²) in [6.07, 6.45) is 0. The van der Waals surface area contributed by atoms with Gasteiger partial charge in [0.1, 0.15) is 0 Å². The van der Waals surface area contributed by atoms with Crippen LogP contribution in [0.15, 0.2) is 82.6 Å². The van der Waals surface area contributed by atoms with E-state index in [-0.39, 0.29) is 5.97 Å². The molecule has 0 atom stereocenters. The molecule has 0 N–H and O–H groups in total. The molecule has 3 aromatic carbocycles. The molecule has 1 aliphatic rings. The van der Waals surface area contributed by atoms with Gasteiger partial charge in [-0.3, -0.25) is 0 Å². The predicted octanol–water partition coefficient (Wildman–Crippen LogP) is 1.53. The van der Waals surface area contributed by atoms with Crippen molar-refractivity contribution in [1.82, 2.24) is 0 Å². The number of carbonyl (C=O) groups excluding carboxylic acids is 1. The van der Waals surface area contributed by atoms with E-state index in [1.54, 1.807) is 43.3 Å². The number of hydrogen-bond donors (Lipinski definition) is 0. The normalized spacial score (nSPS) is 14.9. The Bertz CT molecular complexity index is 1070. The number of fused-ring (bicyclic) bond motifs is 2. The summed E-state index contributed by atoms with van der Waals surface area (Å²) in [7, 11) is -3.49. The van der Waals surface area contributed by atoms with Gasteiger partial charge in [-0.1, -0.05) is 0 Å². The predicted molar refractivity (Wildman–Crippen MR) is 105 cm³/mol. The number of esters is 1. The Morgan fingerprint density at radius 3 is 1.89 bits per heavy atom. The van der Waals surface area contributed by atoms with Gasteiger partial charge in [-0.25, -0.2) is 0 Å². The zero-order chi connectivity index (χ0) is 19.0. The average Bonchev–Trinajstić information content (AvgIpc) is 2.69. The van der Waals surface area contributed by atoms with Crippen molar-refractivity contribution < 1.29 is 17.9 Å². The Kier molecular flexibility index (Phi) is 4.87. The van der Waals surface area contributed by atoms with Crippen LogP contribution in [0.3, 0.4) is 0 Å². The summed E-state index contributed by atoms with van der Waals surface area (Å²) in [5.41, 5.74) is 0.510. The Balaban J connectivity index is 1.88. The van der Waals surface area contributed by atoms with Crippen LogP contribution in [0.5, 0.6) is 0 Å². The van der Waals surface area contributed by atoms with E-state index in [9.17, 15) is 13.2 Å². The van der Waals surface area contributed by atoms with Gasteiger partial charge in [-0.2, -0.15) is 0 Å². The molecule has 0 radical (unpaired) electrons. The summed E-state index contributed by atoms with van der Waals surface area (Å²) < 4.78 is 34.2. The molecule has 0 fully saturated rings. The summed E-state index contributed by atoms with van der Waals surface area (Å²) in [5.74, 6) is -0.342. The molecule has 0 bridgehead atoms. The molecular formula is C21H17BiO4S. The fourth-order valence-electron chi connectivity index (χ4n) is 3.23. The van der Waals surface area contributed by atoms with Crippen molar-refractivity contribution in [2.24, 2.45) is 0 Å². The Morgan fingerprint density at radius 1 is 0.852 bits per heavy atom. The maximum absolute atomic E-state index is 13.1. The standard InChI is InChI=1S/C12H8O2S.C9H9O2.Bi/c13-15(14,11-7-3-1-4-8-11)12-9-5-2-6-10-12;1-2-11-9(10)8-6-4-3-5-7-8;/h1-7,9H;4-7H,2H2,1H3;.